The maximum atomic E-state index is 13.6. The fraction of sp³-hybridized carbons (Fsp3) is 0.571. The van der Waals surface area contributed by atoms with Crippen molar-refractivity contribution >= 4 is 23.1 Å². The van der Waals surface area contributed by atoms with Crippen LogP contribution in [0.15, 0.2) is 12.1 Å². The fourth-order valence-corrected chi connectivity index (χ4v) is 3.26. The van der Waals surface area contributed by atoms with Gasteiger partial charge in [0.05, 0.1) is 18.0 Å². The Labute approximate surface area is 118 Å². The molecule has 0 amide bonds. The Kier molecular flexibility index (Phi) is 4.80. The molecule has 1 aliphatic carbocycles. The summed E-state index contributed by atoms with van der Waals surface area (Å²) in [7, 11) is 0. The van der Waals surface area contributed by atoms with E-state index >= 15 is 0 Å². The standard InChI is InChI=1S/C14H21FN2OS/c1-3-18-14-8-13(12(16)7-11(14)15)17-9-4-5-10(6-9)19-2/h7-10,17H,3-6,16H2,1-2H3. The van der Waals surface area contributed by atoms with E-state index in [-0.39, 0.29) is 5.75 Å². The van der Waals surface area contributed by atoms with Crippen molar-refractivity contribution in [2.24, 2.45) is 0 Å². The second-order valence-electron chi connectivity index (χ2n) is 4.81. The second kappa shape index (κ2) is 6.37. The van der Waals surface area contributed by atoms with Crippen LogP contribution in [0.1, 0.15) is 26.2 Å². The third-order valence-electron chi connectivity index (χ3n) is 3.48. The van der Waals surface area contributed by atoms with Crippen LogP contribution in [0.3, 0.4) is 0 Å². The molecule has 3 nitrogen and oxygen atoms in total. The molecule has 19 heavy (non-hydrogen) atoms. The summed E-state index contributed by atoms with van der Waals surface area (Å²) < 4.78 is 18.9. The van der Waals surface area contributed by atoms with E-state index in [1.807, 2.05) is 18.7 Å². The van der Waals surface area contributed by atoms with Crippen LogP contribution in [0.5, 0.6) is 5.75 Å². The van der Waals surface area contributed by atoms with Gasteiger partial charge in [-0.2, -0.15) is 11.8 Å². The van der Waals surface area contributed by atoms with Crippen molar-refractivity contribution in [3.8, 4) is 5.75 Å². The second-order valence-corrected chi connectivity index (χ2v) is 5.95. The van der Waals surface area contributed by atoms with Gasteiger partial charge in [0.15, 0.2) is 11.6 Å². The predicted octanol–water partition coefficient (Wildman–Crippen LogP) is 3.50. The zero-order chi connectivity index (χ0) is 13.8. The van der Waals surface area contributed by atoms with Crippen molar-refractivity contribution in [2.75, 3.05) is 23.9 Å². The number of hydrogen-bond donors (Lipinski definition) is 2. The number of thioether (sulfide) groups is 1. The van der Waals surface area contributed by atoms with Gasteiger partial charge in [-0.15, -0.1) is 0 Å². The largest absolute Gasteiger partial charge is 0.491 e. The molecule has 5 heteroatoms. The maximum Gasteiger partial charge on any atom is 0.167 e. The van der Waals surface area contributed by atoms with Gasteiger partial charge in [0.2, 0.25) is 0 Å². The van der Waals surface area contributed by atoms with E-state index in [0.717, 1.165) is 18.5 Å². The van der Waals surface area contributed by atoms with Gasteiger partial charge in [-0.1, -0.05) is 0 Å². The summed E-state index contributed by atoms with van der Waals surface area (Å²) >= 11 is 1.91. The Bertz CT molecular complexity index is 442. The monoisotopic (exact) mass is 284 g/mol. The van der Waals surface area contributed by atoms with Crippen molar-refractivity contribution in [3.05, 3.63) is 17.9 Å². The molecule has 106 valence electrons. The molecule has 1 aliphatic rings. The number of benzene rings is 1. The van der Waals surface area contributed by atoms with Crippen LogP contribution in [-0.4, -0.2) is 24.2 Å². The zero-order valence-electron chi connectivity index (χ0n) is 11.4. The highest BCUT2D eigenvalue weighted by molar-refractivity contribution is 7.99. The third kappa shape index (κ3) is 3.47. The molecule has 0 spiro atoms. The van der Waals surface area contributed by atoms with Gasteiger partial charge in [-0.3, -0.25) is 0 Å². The summed E-state index contributed by atoms with van der Waals surface area (Å²) in [5.74, 6) is -0.142. The molecule has 0 aliphatic heterocycles. The zero-order valence-corrected chi connectivity index (χ0v) is 12.2. The Hall–Kier alpha value is -1.10. The Morgan fingerprint density at radius 3 is 2.89 bits per heavy atom. The van der Waals surface area contributed by atoms with E-state index in [9.17, 15) is 4.39 Å². The van der Waals surface area contributed by atoms with E-state index in [2.05, 4.69) is 11.6 Å². The lowest BCUT2D eigenvalue weighted by atomic mass is 10.2. The molecule has 0 saturated heterocycles. The topological polar surface area (TPSA) is 47.3 Å². The lowest BCUT2D eigenvalue weighted by Gasteiger charge is -2.17. The molecule has 3 N–H and O–H groups in total. The summed E-state index contributed by atoms with van der Waals surface area (Å²) in [6, 6.07) is 3.41. The predicted molar refractivity (Wildman–Crippen MR) is 80.5 cm³/mol. The Balaban J connectivity index is 2.09. The van der Waals surface area contributed by atoms with E-state index in [4.69, 9.17) is 10.5 Å². The smallest absolute Gasteiger partial charge is 0.167 e. The van der Waals surface area contributed by atoms with Crippen LogP contribution in [0.25, 0.3) is 0 Å². The molecule has 0 bridgehead atoms. The molecule has 2 atom stereocenters. The molecule has 2 rings (SSSR count). The molecule has 0 aromatic heterocycles. The van der Waals surface area contributed by atoms with Gasteiger partial charge in [0, 0.05) is 23.4 Å². The maximum absolute atomic E-state index is 13.6. The first-order valence-electron chi connectivity index (χ1n) is 6.65. The first-order chi connectivity index (χ1) is 9.13. The normalized spacial score (nSPS) is 22.5. The van der Waals surface area contributed by atoms with Gasteiger partial charge >= 0.3 is 0 Å². The van der Waals surface area contributed by atoms with Crippen molar-refractivity contribution < 1.29 is 9.13 Å². The summed E-state index contributed by atoms with van der Waals surface area (Å²) in [5.41, 5.74) is 7.08. The van der Waals surface area contributed by atoms with E-state index < -0.39 is 5.82 Å². The minimum absolute atomic E-state index is 0.263. The van der Waals surface area contributed by atoms with Crippen molar-refractivity contribution in [2.45, 2.75) is 37.5 Å². The SMILES string of the molecule is CCOc1cc(NC2CCC(SC)C2)c(N)cc1F. The molecule has 1 saturated carbocycles. The summed E-state index contributed by atoms with van der Waals surface area (Å²) in [6.45, 7) is 2.28. The van der Waals surface area contributed by atoms with Crippen molar-refractivity contribution in [3.63, 3.8) is 0 Å². The number of nitrogens with one attached hydrogen (secondary N) is 1. The van der Waals surface area contributed by atoms with Crippen molar-refractivity contribution in [1.82, 2.24) is 0 Å². The number of rotatable bonds is 5. The van der Waals surface area contributed by atoms with Crippen LogP contribution in [-0.2, 0) is 0 Å². The van der Waals surface area contributed by atoms with E-state index in [0.29, 0.717) is 23.6 Å². The molecule has 0 heterocycles. The van der Waals surface area contributed by atoms with Gasteiger partial charge in [-0.05, 0) is 32.4 Å². The quantitative estimate of drug-likeness (QED) is 0.812. The number of ether oxygens (including phenoxy) is 1. The van der Waals surface area contributed by atoms with E-state index in [1.165, 1.54) is 12.5 Å². The highest BCUT2D eigenvalue weighted by Crippen LogP contribution is 2.34. The Morgan fingerprint density at radius 2 is 2.26 bits per heavy atom. The molecule has 1 fully saturated rings. The number of halogens is 1. The van der Waals surface area contributed by atoms with Gasteiger partial charge in [-0.25, -0.2) is 4.39 Å². The summed E-state index contributed by atoms with van der Waals surface area (Å²) in [4.78, 5) is 0. The first kappa shape index (κ1) is 14.3. The highest BCUT2D eigenvalue weighted by Gasteiger charge is 2.24. The van der Waals surface area contributed by atoms with Crippen LogP contribution < -0.4 is 15.8 Å². The number of nitrogens with two attached hydrogens (primary N) is 1. The van der Waals surface area contributed by atoms with Crippen LogP contribution in [0.2, 0.25) is 0 Å². The Morgan fingerprint density at radius 1 is 1.47 bits per heavy atom. The summed E-state index contributed by atoms with van der Waals surface area (Å²) in [5, 5.41) is 4.13. The van der Waals surface area contributed by atoms with Crippen LogP contribution >= 0.6 is 11.8 Å². The van der Waals surface area contributed by atoms with E-state index in [1.54, 1.807) is 6.07 Å². The fourth-order valence-electron chi connectivity index (χ4n) is 2.47. The van der Waals surface area contributed by atoms with Crippen molar-refractivity contribution in [1.29, 1.82) is 0 Å². The van der Waals surface area contributed by atoms with Gasteiger partial charge < -0.3 is 15.8 Å². The molecule has 1 aromatic rings. The molecule has 2 unspecified atom stereocenters. The van der Waals surface area contributed by atoms with Gasteiger partial charge in [0.25, 0.3) is 0 Å². The average molecular weight is 284 g/mol. The number of nitrogen functional groups attached to an aromatic ring is 1. The highest BCUT2D eigenvalue weighted by atomic mass is 32.2. The lowest BCUT2D eigenvalue weighted by molar-refractivity contribution is 0.322. The average Bonchev–Trinajstić information content (AvgIpc) is 2.83. The lowest BCUT2D eigenvalue weighted by Crippen LogP contribution is -2.17. The van der Waals surface area contributed by atoms with Gasteiger partial charge in [0.1, 0.15) is 0 Å². The number of hydrogen-bond acceptors (Lipinski definition) is 4. The minimum atomic E-state index is -0.404. The molecule has 0 radical (unpaired) electrons. The van der Waals surface area contributed by atoms with Crippen LogP contribution in [0, 0.1) is 5.82 Å². The molecular weight excluding hydrogens is 263 g/mol. The van der Waals surface area contributed by atoms with Crippen LogP contribution in [0.4, 0.5) is 15.8 Å². The number of anilines is 2. The molecule has 1 aromatic carbocycles. The molecular formula is C14H21FN2OS. The first-order valence-corrected chi connectivity index (χ1v) is 7.94. The third-order valence-corrected chi connectivity index (χ3v) is 4.58. The summed E-state index contributed by atoms with van der Waals surface area (Å²) in [6.07, 6.45) is 5.62. The minimum Gasteiger partial charge on any atom is -0.491 e.